The minimum Gasteiger partial charge on any atom is -0.395 e. The molecule has 0 radical (unpaired) electrons. The molecule has 10 heteroatoms. The number of urea groups is 1. The molecule has 1 aromatic heterocycles. The summed E-state index contributed by atoms with van der Waals surface area (Å²) in [6, 6.07) is -0.742. The molecule has 1 fully saturated rings. The fraction of sp³-hybridized carbons (Fsp3) is 0.692. The van der Waals surface area contributed by atoms with Crippen LogP contribution in [0.4, 0.5) is 4.79 Å². The second-order valence-electron chi connectivity index (χ2n) is 5.43. The summed E-state index contributed by atoms with van der Waals surface area (Å²) in [5.41, 5.74) is 0.852. The van der Waals surface area contributed by atoms with Crippen molar-refractivity contribution in [2.24, 2.45) is 7.05 Å². The molecule has 1 aliphatic heterocycles. The number of nitrogens with zero attached hydrogens (tertiary/aromatic N) is 3. The van der Waals surface area contributed by atoms with Crippen molar-refractivity contribution in [1.29, 1.82) is 0 Å². The van der Waals surface area contributed by atoms with Gasteiger partial charge in [0.2, 0.25) is 0 Å². The van der Waals surface area contributed by atoms with Crippen LogP contribution in [0.15, 0.2) is 11.4 Å². The van der Waals surface area contributed by atoms with E-state index in [-0.39, 0.29) is 36.7 Å². The molecule has 1 aromatic rings. The maximum Gasteiger partial charge on any atom is 0.318 e. The Hall–Kier alpha value is -1.26. The molecule has 0 bridgehead atoms. The molecule has 2 rings (SSSR count). The van der Waals surface area contributed by atoms with Gasteiger partial charge in [-0.05, 0) is 12.7 Å². The number of aromatic nitrogens is 2. The van der Waals surface area contributed by atoms with Crippen LogP contribution in [0.2, 0.25) is 0 Å². The van der Waals surface area contributed by atoms with Gasteiger partial charge in [0, 0.05) is 19.6 Å². The average Bonchev–Trinajstić information content (AvgIpc) is 3.04. The molecule has 2 N–H and O–H groups in total. The zero-order valence-corrected chi connectivity index (χ0v) is 14.9. The number of rotatable bonds is 6. The lowest BCUT2D eigenvalue weighted by atomic mass is 10.2. The number of nitrogens with one attached hydrogen (secondary N) is 1. The summed E-state index contributed by atoms with van der Waals surface area (Å²) < 4.78 is 25.1. The highest BCUT2D eigenvalue weighted by atomic mass is 32.2. The number of aliphatic hydroxyl groups excluding tert-OH is 1. The Balaban J connectivity index is 1.99. The molecule has 2 heterocycles. The zero-order valence-electron chi connectivity index (χ0n) is 13.2. The quantitative estimate of drug-likeness (QED) is 0.681. The van der Waals surface area contributed by atoms with Gasteiger partial charge in [-0.3, -0.25) is 0 Å². The Bertz CT molecular complexity index is 659. The molecule has 8 nitrogen and oxygen atoms in total. The predicted octanol–water partition coefficient (Wildman–Crippen LogP) is -0.167. The van der Waals surface area contributed by atoms with Crippen LogP contribution in [0.3, 0.4) is 0 Å². The maximum atomic E-state index is 12.4. The summed E-state index contributed by atoms with van der Waals surface area (Å²) in [4.78, 5) is 18.0. The van der Waals surface area contributed by atoms with E-state index in [9.17, 15) is 13.2 Å². The zero-order chi connectivity index (χ0) is 17.0. The molecule has 0 aliphatic carbocycles. The normalized spacial score (nSPS) is 19.7. The lowest BCUT2D eigenvalue weighted by Gasteiger charge is -2.27. The molecule has 0 unspecified atom stereocenters. The van der Waals surface area contributed by atoms with Crippen LogP contribution < -0.4 is 5.32 Å². The number of carbonyl (C=O) groups excluding carboxylic acids is 1. The van der Waals surface area contributed by atoms with Crippen LogP contribution >= 0.6 is 11.8 Å². The highest BCUT2D eigenvalue weighted by Gasteiger charge is 2.34. The summed E-state index contributed by atoms with van der Waals surface area (Å²) in [6.07, 6.45) is 4.04. The molecule has 0 saturated carbocycles. The van der Waals surface area contributed by atoms with Gasteiger partial charge >= 0.3 is 6.03 Å². The summed E-state index contributed by atoms with van der Waals surface area (Å²) in [7, 11) is -1.22. The molecule has 0 aromatic carbocycles. The first-order chi connectivity index (χ1) is 10.9. The first-order valence-electron chi connectivity index (χ1n) is 7.28. The van der Waals surface area contributed by atoms with Crippen molar-refractivity contribution < 1.29 is 18.3 Å². The van der Waals surface area contributed by atoms with E-state index < -0.39 is 9.84 Å². The van der Waals surface area contributed by atoms with Crippen LogP contribution in [-0.4, -0.2) is 71.0 Å². The van der Waals surface area contributed by atoms with Crippen molar-refractivity contribution >= 4 is 27.6 Å². The van der Waals surface area contributed by atoms with Gasteiger partial charge in [0.15, 0.2) is 15.0 Å². The largest absolute Gasteiger partial charge is 0.395 e. The van der Waals surface area contributed by atoms with Gasteiger partial charge in [0.25, 0.3) is 0 Å². The van der Waals surface area contributed by atoms with Crippen LogP contribution in [0.25, 0.3) is 0 Å². The standard InChI is InChI=1S/C13H22N4O4S2/c1-16-11(8-15-13(16)22-2)7-14-12(19)17(4-5-18)10-3-6-23(20,21)9-10/h8,10,18H,3-7,9H2,1-2H3,(H,14,19)/t10-/m1/s1. The maximum absolute atomic E-state index is 12.4. The van der Waals surface area contributed by atoms with Gasteiger partial charge in [-0.1, -0.05) is 11.8 Å². The Morgan fingerprint density at radius 2 is 2.35 bits per heavy atom. The highest BCUT2D eigenvalue weighted by molar-refractivity contribution is 7.98. The number of carbonyl (C=O) groups is 1. The summed E-state index contributed by atoms with van der Waals surface area (Å²) in [5, 5.41) is 12.8. The van der Waals surface area contributed by atoms with Crippen LogP contribution in [0.1, 0.15) is 12.1 Å². The van der Waals surface area contributed by atoms with E-state index in [1.54, 1.807) is 6.20 Å². The molecule has 2 amide bonds. The van der Waals surface area contributed by atoms with Gasteiger partial charge in [-0.15, -0.1) is 0 Å². The second-order valence-corrected chi connectivity index (χ2v) is 8.43. The molecule has 23 heavy (non-hydrogen) atoms. The SMILES string of the molecule is CSc1ncc(CNC(=O)N(CCO)[C@@H]2CCS(=O)(=O)C2)n1C. The van der Waals surface area contributed by atoms with E-state index in [1.165, 1.54) is 16.7 Å². The van der Waals surface area contributed by atoms with E-state index in [4.69, 9.17) is 5.11 Å². The highest BCUT2D eigenvalue weighted by Crippen LogP contribution is 2.18. The van der Waals surface area contributed by atoms with Gasteiger partial charge < -0.3 is 19.9 Å². The minimum atomic E-state index is -3.09. The first-order valence-corrected chi connectivity index (χ1v) is 10.3. The third-order valence-electron chi connectivity index (χ3n) is 3.90. The van der Waals surface area contributed by atoms with E-state index in [0.717, 1.165) is 10.9 Å². The van der Waals surface area contributed by atoms with Gasteiger partial charge in [-0.2, -0.15) is 0 Å². The van der Waals surface area contributed by atoms with Crippen LogP contribution in [-0.2, 0) is 23.4 Å². The van der Waals surface area contributed by atoms with Crippen molar-refractivity contribution in [3.63, 3.8) is 0 Å². The third kappa shape index (κ3) is 4.39. The number of sulfone groups is 1. The summed E-state index contributed by atoms with van der Waals surface area (Å²) >= 11 is 1.51. The Morgan fingerprint density at radius 3 is 2.87 bits per heavy atom. The van der Waals surface area contributed by atoms with Crippen molar-refractivity contribution in [3.05, 3.63) is 11.9 Å². The molecular formula is C13H22N4O4S2. The van der Waals surface area contributed by atoms with Gasteiger partial charge in [0.05, 0.1) is 36.5 Å². The van der Waals surface area contributed by atoms with Crippen molar-refractivity contribution in [1.82, 2.24) is 19.8 Å². The van der Waals surface area contributed by atoms with E-state index in [0.29, 0.717) is 13.0 Å². The molecule has 1 aliphatic rings. The molecule has 0 spiro atoms. The lowest BCUT2D eigenvalue weighted by Crippen LogP contribution is -2.48. The number of hydrogen-bond acceptors (Lipinski definition) is 6. The Kier molecular flexibility index (Phi) is 5.93. The minimum absolute atomic E-state index is 0.0389. The van der Waals surface area contributed by atoms with Crippen LogP contribution in [0, 0.1) is 0 Å². The number of imidazole rings is 1. The average molecular weight is 362 g/mol. The molecular weight excluding hydrogens is 340 g/mol. The first kappa shape index (κ1) is 18.1. The van der Waals surface area contributed by atoms with E-state index in [1.807, 2.05) is 17.9 Å². The second kappa shape index (κ2) is 7.54. The number of thioether (sulfide) groups is 1. The summed E-state index contributed by atoms with van der Waals surface area (Å²) in [6.45, 7) is 0.212. The lowest BCUT2D eigenvalue weighted by molar-refractivity contribution is 0.157. The van der Waals surface area contributed by atoms with Gasteiger partial charge in [0.1, 0.15) is 0 Å². The topological polar surface area (TPSA) is 105 Å². The van der Waals surface area contributed by atoms with Crippen molar-refractivity contribution in [2.45, 2.75) is 24.2 Å². The smallest absolute Gasteiger partial charge is 0.318 e. The summed E-state index contributed by atoms with van der Waals surface area (Å²) in [5.74, 6) is 0.0500. The van der Waals surface area contributed by atoms with Crippen molar-refractivity contribution in [3.8, 4) is 0 Å². The fourth-order valence-corrected chi connectivity index (χ4v) is 4.91. The monoisotopic (exact) mass is 362 g/mol. The van der Waals surface area contributed by atoms with E-state index in [2.05, 4.69) is 10.3 Å². The number of amides is 2. The van der Waals surface area contributed by atoms with Crippen LogP contribution in [0.5, 0.6) is 0 Å². The van der Waals surface area contributed by atoms with Gasteiger partial charge in [-0.25, -0.2) is 18.2 Å². The molecule has 1 saturated heterocycles. The Morgan fingerprint density at radius 1 is 1.61 bits per heavy atom. The molecule has 1 atom stereocenters. The number of hydrogen-bond donors (Lipinski definition) is 2. The van der Waals surface area contributed by atoms with Crippen molar-refractivity contribution in [2.75, 3.05) is 30.9 Å². The van der Waals surface area contributed by atoms with E-state index >= 15 is 0 Å². The third-order valence-corrected chi connectivity index (χ3v) is 6.39. The number of aliphatic hydroxyl groups is 1. The fourth-order valence-electron chi connectivity index (χ4n) is 2.63. The predicted molar refractivity (Wildman–Crippen MR) is 88.1 cm³/mol. The Labute approximate surface area is 140 Å². The molecule has 130 valence electrons.